The standard InChI is InChI=1S/C20H20N2O5.ClH/c1-12(2)18(20(23)24)21-11-13-8-9-16-15(10-13)17(19(27-16)22(25)26)14-6-4-3-5-7-14;/h3-10,12,18,21H,11H2,1-2H3,(H,23,24);1H. The molecule has 8 heteroatoms. The lowest BCUT2D eigenvalue weighted by molar-refractivity contribution is -0.400. The third-order valence-electron chi connectivity index (χ3n) is 4.42. The van der Waals surface area contributed by atoms with E-state index in [1.807, 2.05) is 32.0 Å². The van der Waals surface area contributed by atoms with Crippen LogP contribution in [0.5, 0.6) is 0 Å². The van der Waals surface area contributed by atoms with Crippen molar-refractivity contribution < 1.29 is 19.2 Å². The first-order valence-electron chi connectivity index (χ1n) is 8.60. The predicted octanol–water partition coefficient (Wildman–Crippen LogP) is 4.63. The summed E-state index contributed by atoms with van der Waals surface area (Å²) in [4.78, 5) is 22.3. The highest BCUT2D eigenvalue weighted by Gasteiger charge is 2.26. The molecule has 0 saturated heterocycles. The first-order chi connectivity index (χ1) is 12.9. The van der Waals surface area contributed by atoms with Gasteiger partial charge in [0.15, 0.2) is 0 Å². The Morgan fingerprint density at radius 3 is 2.46 bits per heavy atom. The average molecular weight is 405 g/mol. The summed E-state index contributed by atoms with van der Waals surface area (Å²) in [5, 5.41) is 24.4. The highest BCUT2D eigenvalue weighted by Crippen LogP contribution is 2.40. The maximum absolute atomic E-state index is 11.4. The molecule has 0 bridgehead atoms. The van der Waals surface area contributed by atoms with E-state index in [-0.39, 0.29) is 24.2 Å². The van der Waals surface area contributed by atoms with Gasteiger partial charge in [-0.25, -0.2) is 0 Å². The zero-order valence-electron chi connectivity index (χ0n) is 15.4. The van der Waals surface area contributed by atoms with Gasteiger partial charge in [-0.15, -0.1) is 12.4 Å². The van der Waals surface area contributed by atoms with Crippen LogP contribution in [0.3, 0.4) is 0 Å². The highest BCUT2D eigenvalue weighted by atomic mass is 35.5. The third-order valence-corrected chi connectivity index (χ3v) is 4.42. The van der Waals surface area contributed by atoms with Crippen LogP contribution in [0.25, 0.3) is 22.1 Å². The number of nitrogens with one attached hydrogen (secondary N) is 1. The van der Waals surface area contributed by atoms with Crippen molar-refractivity contribution in [1.82, 2.24) is 5.32 Å². The largest absolute Gasteiger partial charge is 0.480 e. The molecule has 28 heavy (non-hydrogen) atoms. The molecule has 0 spiro atoms. The Labute approximate surface area is 167 Å². The second kappa shape index (κ2) is 8.86. The molecule has 0 aliphatic rings. The molecule has 0 aliphatic heterocycles. The number of furan rings is 1. The fourth-order valence-corrected chi connectivity index (χ4v) is 3.09. The van der Waals surface area contributed by atoms with E-state index in [0.717, 1.165) is 5.56 Å². The normalized spacial score (nSPS) is 12.0. The van der Waals surface area contributed by atoms with Crippen molar-refractivity contribution in [2.75, 3.05) is 0 Å². The monoisotopic (exact) mass is 404 g/mol. The van der Waals surface area contributed by atoms with Crippen LogP contribution in [-0.2, 0) is 11.3 Å². The highest BCUT2D eigenvalue weighted by molar-refractivity contribution is 5.99. The van der Waals surface area contributed by atoms with Crippen molar-refractivity contribution in [3.05, 3.63) is 64.2 Å². The summed E-state index contributed by atoms with van der Waals surface area (Å²) < 4.78 is 5.46. The number of carboxylic acid groups (broad SMARTS) is 1. The Balaban J connectivity index is 0.00000280. The molecular formula is C20H21ClN2O5. The minimum atomic E-state index is -0.907. The number of halogens is 1. The number of aliphatic carboxylic acids is 1. The van der Waals surface area contributed by atoms with Crippen molar-refractivity contribution in [3.63, 3.8) is 0 Å². The number of benzene rings is 2. The molecule has 0 fully saturated rings. The van der Waals surface area contributed by atoms with Gasteiger partial charge in [-0.2, -0.15) is 0 Å². The van der Waals surface area contributed by atoms with Gasteiger partial charge in [0.25, 0.3) is 0 Å². The lowest BCUT2D eigenvalue weighted by Crippen LogP contribution is -2.40. The van der Waals surface area contributed by atoms with Gasteiger partial charge >= 0.3 is 11.9 Å². The molecule has 0 amide bonds. The molecule has 1 aromatic heterocycles. The van der Waals surface area contributed by atoms with Crippen LogP contribution in [0.15, 0.2) is 52.9 Å². The van der Waals surface area contributed by atoms with E-state index >= 15 is 0 Å². The van der Waals surface area contributed by atoms with E-state index < -0.39 is 16.9 Å². The van der Waals surface area contributed by atoms with Crippen LogP contribution < -0.4 is 5.32 Å². The maximum atomic E-state index is 11.4. The van der Waals surface area contributed by atoms with Crippen LogP contribution in [0.1, 0.15) is 19.4 Å². The molecule has 2 N–H and O–H groups in total. The Hall–Kier alpha value is -2.90. The fraction of sp³-hybridized carbons (Fsp3) is 0.250. The topological polar surface area (TPSA) is 106 Å². The van der Waals surface area contributed by atoms with Crippen molar-refractivity contribution in [3.8, 4) is 11.1 Å². The minimum absolute atomic E-state index is 0. The second-order valence-corrected chi connectivity index (χ2v) is 6.68. The van der Waals surface area contributed by atoms with Gasteiger partial charge in [0.05, 0.1) is 0 Å². The Morgan fingerprint density at radius 2 is 1.89 bits per heavy atom. The zero-order chi connectivity index (χ0) is 19.6. The second-order valence-electron chi connectivity index (χ2n) is 6.68. The van der Waals surface area contributed by atoms with Gasteiger partial charge < -0.3 is 14.8 Å². The lowest BCUT2D eigenvalue weighted by atomic mass is 10.0. The zero-order valence-corrected chi connectivity index (χ0v) is 16.2. The summed E-state index contributed by atoms with van der Waals surface area (Å²) in [6, 6.07) is 13.6. The number of rotatable bonds is 7. The van der Waals surface area contributed by atoms with E-state index in [0.29, 0.717) is 28.6 Å². The van der Waals surface area contributed by atoms with E-state index in [4.69, 9.17) is 4.42 Å². The minimum Gasteiger partial charge on any atom is -0.480 e. The molecule has 0 saturated carbocycles. The molecule has 3 rings (SSSR count). The van der Waals surface area contributed by atoms with Crippen LogP contribution in [0.2, 0.25) is 0 Å². The van der Waals surface area contributed by atoms with E-state index in [9.17, 15) is 20.0 Å². The third kappa shape index (κ3) is 4.32. The predicted molar refractivity (Wildman–Crippen MR) is 109 cm³/mol. The average Bonchev–Trinajstić information content (AvgIpc) is 3.01. The molecule has 2 aromatic carbocycles. The van der Waals surface area contributed by atoms with Crippen molar-refractivity contribution in [2.24, 2.45) is 5.92 Å². The number of hydrogen-bond acceptors (Lipinski definition) is 5. The Morgan fingerprint density at radius 1 is 1.21 bits per heavy atom. The van der Waals surface area contributed by atoms with Gasteiger partial charge in [-0.1, -0.05) is 50.2 Å². The van der Waals surface area contributed by atoms with Crippen LogP contribution in [0.4, 0.5) is 5.88 Å². The quantitative estimate of drug-likeness (QED) is 0.439. The molecule has 1 atom stereocenters. The van der Waals surface area contributed by atoms with Crippen LogP contribution in [0, 0.1) is 16.0 Å². The van der Waals surface area contributed by atoms with Gasteiger partial charge in [0, 0.05) is 11.9 Å². The number of fused-ring (bicyclic) bond motifs is 1. The lowest BCUT2D eigenvalue weighted by Gasteiger charge is -2.17. The Bertz CT molecular complexity index is 985. The summed E-state index contributed by atoms with van der Waals surface area (Å²) >= 11 is 0. The summed E-state index contributed by atoms with van der Waals surface area (Å²) in [7, 11) is 0. The molecule has 7 nitrogen and oxygen atoms in total. The van der Waals surface area contributed by atoms with Gasteiger partial charge in [0.1, 0.15) is 22.1 Å². The number of nitrogens with zero attached hydrogens (tertiary/aromatic N) is 1. The molecule has 3 aromatic rings. The van der Waals surface area contributed by atoms with Gasteiger partial charge in [0.2, 0.25) is 0 Å². The number of hydrogen-bond donors (Lipinski definition) is 2. The molecule has 0 radical (unpaired) electrons. The van der Waals surface area contributed by atoms with E-state index in [1.54, 1.807) is 30.3 Å². The van der Waals surface area contributed by atoms with Crippen LogP contribution >= 0.6 is 12.4 Å². The van der Waals surface area contributed by atoms with Gasteiger partial charge in [-0.3, -0.25) is 14.9 Å². The fourth-order valence-electron chi connectivity index (χ4n) is 3.09. The number of carboxylic acids is 1. The van der Waals surface area contributed by atoms with Crippen LogP contribution in [-0.4, -0.2) is 22.0 Å². The molecular weight excluding hydrogens is 384 g/mol. The molecule has 0 aliphatic carbocycles. The van der Waals surface area contributed by atoms with Crippen molar-refractivity contribution in [1.29, 1.82) is 0 Å². The molecule has 148 valence electrons. The van der Waals surface area contributed by atoms with E-state index in [2.05, 4.69) is 5.32 Å². The Kier molecular flexibility index (Phi) is 6.77. The molecule has 1 unspecified atom stereocenters. The number of carbonyl (C=O) groups is 1. The SMILES string of the molecule is CC(C)C(NCc1ccc2oc([N+](=O)[O-])c(-c3ccccc3)c2c1)C(=O)O.Cl. The summed E-state index contributed by atoms with van der Waals surface area (Å²) in [6.07, 6.45) is 0. The summed E-state index contributed by atoms with van der Waals surface area (Å²) in [5.74, 6) is -1.27. The van der Waals surface area contributed by atoms with Gasteiger partial charge in [-0.05, 0) is 29.2 Å². The smallest absolute Gasteiger partial charge is 0.442 e. The summed E-state index contributed by atoms with van der Waals surface area (Å²) in [6.45, 7) is 4.00. The first kappa shape index (κ1) is 21.4. The van der Waals surface area contributed by atoms with Crippen molar-refractivity contribution in [2.45, 2.75) is 26.4 Å². The first-order valence-corrected chi connectivity index (χ1v) is 8.60. The maximum Gasteiger partial charge on any atom is 0.442 e. The summed E-state index contributed by atoms with van der Waals surface area (Å²) in [5.41, 5.74) is 2.36. The molecule has 1 heterocycles. The van der Waals surface area contributed by atoms with E-state index in [1.165, 1.54) is 0 Å². The van der Waals surface area contributed by atoms with Crippen molar-refractivity contribution >= 4 is 35.2 Å². The number of nitro groups is 1.